The highest BCUT2D eigenvalue weighted by Gasteiger charge is 2.10. The van der Waals surface area contributed by atoms with E-state index in [1.807, 2.05) is 31.2 Å². The van der Waals surface area contributed by atoms with Gasteiger partial charge in [0.25, 0.3) is 5.69 Å². The summed E-state index contributed by atoms with van der Waals surface area (Å²) in [7, 11) is 0. The number of rotatable bonds is 5. The number of hydrogen-bond donors (Lipinski definition) is 1. The number of halogens is 1. The minimum atomic E-state index is -0.466. The smallest absolute Gasteiger partial charge is 0.270 e. The van der Waals surface area contributed by atoms with Crippen molar-refractivity contribution < 1.29 is 9.72 Å². The quantitative estimate of drug-likeness (QED) is 0.483. The van der Waals surface area contributed by atoms with E-state index in [0.29, 0.717) is 5.56 Å². The number of nitrogens with zero attached hydrogens (tertiary/aromatic N) is 1. The first-order chi connectivity index (χ1) is 11.0. The summed E-state index contributed by atoms with van der Waals surface area (Å²) in [5.41, 5.74) is 1.57. The lowest BCUT2D eigenvalue weighted by molar-refractivity contribution is -0.384. The van der Waals surface area contributed by atoms with Gasteiger partial charge in [0.05, 0.1) is 11.0 Å². The maximum absolute atomic E-state index is 12.0. The molecule has 1 N–H and O–H groups in total. The topological polar surface area (TPSA) is 72.2 Å². The maximum atomic E-state index is 12.0. The molecule has 23 heavy (non-hydrogen) atoms. The number of nitrogens with one attached hydrogen (secondary N) is 1. The molecule has 0 aliphatic rings. The second kappa shape index (κ2) is 7.69. The lowest BCUT2D eigenvalue weighted by Crippen LogP contribution is -2.24. The summed E-state index contributed by atoms with van der Waals surface area (Å²) in [6.07, 6.45) is 2.92. The molecule has 2 aromatic carbocycles. The number of hydrogen-bond acceptors (Lipinski definition) is 3. The van der Waals surface area contributed by atoms with Crippen LogP contribution in [0, 0.1) is 10.1 Å². The molecule has 0 aromatic heterocycles. The molecule has 0 bridgehead atoms. The molecular formula is C17H15BrN2O3. The Morgan fingerprint density at radius 2 is 2.00 bits per heavy atom. The SMILES string of the molecule is CC(NC(=O)/C=C/c1cccc([N+](=O)[O-])c1)c1ccccc1Br. The molecule has 0 fully saturated rings. The highest BCUT2D eigenvalue weighted by atomic mass is 79.9. The highest BCUT2D eigenvalue weighted by Crippen LogP contribution is 2.22. The normalized spacial score (nSPS) is 12.1. The van der Waals surface area contributed by atoms with Gasteiger partial charge in [0.2, 0.25) is 5.91 Å². The molecule has 0 heterocycles. The summed E-state index contributed by atoms with van der Waals surface area (Å²) in [6, 6.07) is 13.6. The van der Waals surface area contributed by atoms with Crippen LogP contribution in [-0.4, -0.2) is 10.8 Å². The van der Waals surface area contributed by atoms with Gasteiger partial charge in [0, 0.05) is 22.7 Å². The predicted octanol–water partition coefficient (Wildman–Crippen LogP) is 4.25. The van der Waals surface area contributed by atoms with Crippen molar-refractivity contribution in [2.45, 2.75) is 13.0 Å². The number of nitro benzene ring substituents is 1. The molecule has 2 aromatic rings. The second-order valence-electron chi connectivity index (χ2n) is 4.94. The van der Waals surface area contributed by atoms with Crippen LogP contribution in [0.25, 0.3) is 6.08 Å². The molecular weight excluding hydrogens is 360 g/mol. The van der Waals surface area contributed by atoms with E-state index < -0.39 is 4.92 Å². The third-order valence-electron chi connectivity index (χ3n) is 3.24. The van der Waals surface area contributed by atoms with E-state index in [-0.39, 0.29) is 17.6 Å². The minimum Gasteiger partial charge on any atom is -0.346 e. The Morgan fingerprint density at radius 1 is 1.26 bits per heavy atom. The summed E-state index contributed by atoms with van der Waals surface area (Å²) < 4.78 is 0.926. The fourth-order valence-corrected chi connectivity index (χ4v) is 2.71. The average molecular weight is 375 g/mol. The zero-order chi connectivity index (χ0) is 16.8. The molecule has 1 atom stereocenters. The molecule has 0 spiro atoms. The van der Waals surface area contributed by atoms with Crippen molar-refractivity contribution >= 4 is 33.6 Å². The van der Waals surface area contributed by atoms with Gasteiger partial charge < -0.3 is 5.32 Å². The van der Waals surface area contributed by atoms with E-state index in [4.69, 9.17) is 0 Å². The average Bonchev–Trinajstić information content (AvgIpc) is 2.53. The molecule has 0 saturated heterocycles. The van der Waals surface area contributed by atoms with Crippen LogP contribution >= 0.6 is 15.9 Å². The van der Waals surface area contributed by atoms with Crippen molar-refractivity contribution in [2.24, 2.45) is 0 Å². The molecule has 0 saturated carbocycles. The molecule has 1 amide bonds. The molecule has 5 nitrogen and oxygen atoms in total. The zero-order valence-corrected chi connectivity index (χ0v) is 14.0. The minimum absolute atomic E-state index is 0.00542. The largest absolute Gasteiger partial charge is 0.346 e. The van der Waals surface area contributed by atoms with Crippen molar-refractivity contribution in [1.82, 2.24) is 5.32 Å². The van der Waals surface area contributed by atoms with Crippen molar-refractivity contribution in [3.8, 4) is 0 Å². The van der Waals surface area contributed by atoms with Gasteiger partial charge in [-0.1, -0.05) is 46.3 Å². The molecule has 118 valence electrons. The molecule has 6 heteroatoms. The van der Waals surface area contributed by atoms with Crippen molar-refractivity contribution in [1.29, 1.82) is 0 Å². The van der Waals surface area contributed by atoms with Gasteiger partial charge in [-0.25, -0.2) is 0 Å². The number of nitro groups is 1. The van der Waals surface area contributed by atoms with Gasteiger partial charge in [-0.3, -0.25) is 14.9 Å². The second-order valence-corrected chi connectivity index (χ2v) is 5.79. The van der Waals surface area contributed by atoms with Gasteiger partial charge in [-0.2, -0.15) is 0 Å². The van der Waals surface area contributed by atoms with Crippen LogP contribution in [-0.2, 0) is 4.79 Å². The number of carbonyl (C=O) groups is 1. The fraction of sp³-hybridized carbons (Fsp3) is 0.118. The summed E-state index contributed by atoms with van der Waals surface area (Å²) in [5, 5.41) is 13.6. The van der Waals surface area contributed by atoms with E-state index >= 15 is 0 Å². The van der Waals surface area contributed by atoms with Crippen LogP contribution in [0.15, 0.2) is 59.1 Å². The van der Waals surface area contributed by atoms with Crippen molar-refractivity contribution in [2.75, 3.05) is 0 Å². The number of amides is 1. The van der Waals surface area contributed by atoms with Crippen LogP contribution in [0.1, 0.15) is 24.1 Å². The van der Waals surface area contributed by atoms with Crippen LogP contribution in [0.4, 0.5) is 5.69 Å². The third-order valence-corrected chi connectivity index (χ3v) is 3.96. The van der Waals surface area contributed by atoms with Gasteiger partial charge in [-0.05, 0) is 30.2 Å². The Hall–Kier alpha value is -2.47. The fourth-order valence-electron chi connectivity index (χ4n) is 2.08. The van der Waals surface area contributed by atoms with Gasteiger partial charge in [-0.15, -0.1) is 0 Å². The number of non-ortho nitro benzene ring substituents is 1. The Kier molecular flexibility index (Phi) is 5.65. The molecule has 2 rings (SSSR count). The van der Waals surface area contributed by atoms with E-state index in [0.717, 1.165) is 10.0 Å². The van der Waals surface area contributed by atoms with Crippen LogP contribution < -0.4 is 5.32 Å². The lowest BCUT2D eigenvalue weighted by Gasteiger charge is -2.14. The summed E-state index contributed by atoms with van der Waals surface area (Å²) >= 11 is 3.45. The first kappa shape index (κ1) is 16.9. The highest BCUT2D eigenvalue weighted by molar-refractivity contribution is 9.10. The lowest BCUT2D eigenvalue weighted by atomic mass is 10.1. The first-order valence-corrected chi connectivity index (χ1v) is 7.74. The summed E-state index contributed by atoms with van der Waals surface area (Å²) in [4.78, 5) is 22.2. The van der Waals surface area contributed by atoms with Crippen LogP contribution in [0.2, 0.25) is 0 Å². The standard InChI is InChI=1S/C17H15BrN2O3/c1-12(15-7-2-3-8-16(15)18)19-17(21)10-9-13-5-4-6-14(11-13)20(22)23/h2-12H,1H3,(H,19,21)/b10-9+. The van der Waals surface area contributed by atoms with Crippen LogP contribution in [0.3, 0.4) is 0 Å². The third kappa shape index (κ3) is 4.75. The predicted molar refractivity (Wildman–Crippen MR) is 92.8 cm³/mol. The zero-order valence-electron chi connectivity index (χ0n) is 12.4. The molecule has 0 aliphatic carbocycles. The first-order valence-electron chi connectivity index (χ1n) is 6.95. The van der Waals surface area contributed by atoms with Crippen LogP contribution in [0.5, 0.6) is 0 Å². The monoisotopic (exact) mass is 374 g/mol. The summed E-state index contributed by atoms with van der Waals surface area (Å²) in [5.74, 6) is -0.264. The molecule has 1 unspecified atom stereocenters. The Bertz CT molecular complexity index is 759. The van der Waals surface area contributed by atoms with Crippen molar-refractivity contribution in [3.63, 3.8) is 0 Å². The van der Waals surface area contributed by atoms with Gasteiger partial charge in [0.1, 0.15) is 0 Å². The Labute approximate surface area is 142 Å². The van der Waals surface area contributed by atoms with E-state index in [1.165, 1.54) is 18.2 Å². The van der Waals surface area contributed by atoms with Crippen molar-refractivity contribution in [3.05, 3.63) is 80.3 Å². The van der Waals surface area contributed by atoms with E-state index in [2.05, 4.69) is 21.2 Å². The summed E-state index contributed by atoms with van der Waals surface area (Å²) in [6.45, 7) is 1.89. The Morgan fingerprint density at radius 3 is 2.70 bits per heavy atom. The Balaban J connectivity index is 2.03. The van der Waals surface area contributed by atoms with Gasteiger partial charge in [0.15, 0.2) is 0 Å². The number of carbonyl (C=O) groups excluding carboxylic acids is 1. The van der Waals surface area contributed by atoms with E-state index in [9.17, 15) is 14.9 Å². The number of benzene rings is 2. The van der Waals surface area contributed by atoms with Gasteiger partial charge >= 0.3 is 0 Å². The van der Waals surface area contributed by atoms with E-state index in [1.54, 1.807) is 18.2 Å². The maximum Gasteiger partial charge on any atom is 0.270 e. The molecule has 0 radical (unpaired) electrons. The molecule has 0 aliphatic heterocycles.